The average molecular weight is 401 g/mol. The molecule has 6 nitrogen and oxygen atoms in total. The van der Waals surface area contributed by atoms with E-state index in [4.69, 9.17) is 0 Å². The summed E-state index contributed by atoms with van der Waals surface area (Å²) in [6.07, 6.45) is 4.39. The van der Waals surface area contributed by atoms with Crippen LogP contribution >= 0.6 is 11.3 Å². The third-order valence-electron chi connectivity index (χ3n) is 5.59. The van der Waals surface area contributed by atoms with Crippen LogP contribution in [0.4, 0.5) is 5.13 Å². The molecule has 1 aromatic carbocycles. The summed E-state index contributed by atoms with van der Waals surface area (Å²) in [6, 6.07) is 9.09. The number of hydrogen-bond donors (Lipinski definition) is 2. The minimum Gasteiger partial charge on any atom is -0.344 e. The smallest absolute Gasteiger partial charge is 0.249 e. The number of nitrogens with one attached hydrogen (secondary N) is 2. The molecule has 0 spiro atoms. The van der Waals surface area contributed by atoms with Crippen molar-refractivity contribution in [2.75, 3.05) is 5.32 Å². The average Bonchev–Trinajstić information content (AvgIpc) is 3.21. The van der Waals surface area contributed by atoms with Gasteiger partial charge in [-0.2, -0.15) is 0 Å². The van der Waals surface area contributed by atoms with E-state index < -0.39 is 6.04 Å². The Morgan fingerprint density at radius 2 is 1.86 bits per heavy atom. The van der Waals surface area contributed by atoms with Crippen molar-refractivity contribution in [1.29, 1.82) is 0 Å². The number of hydrogen-bond acceptors (Lipinski definition) is 5. The predicted molar refractivity (Wildman–Crippen MR) is 111 cm³/mol. The molecule has 2 amide bonds. The van der Waals surface area contributed by atoms with E-state index >= 15 is 0 Å². The molecule has 28 heavy (non-hydrogen) atoms. The first-order valence-electron chi connectivity index (χ1n) is 9.94. The fourth-order valence-electron chi connectivity index (χ4n) is 3.82. The second-order valence-corrected chi connectivity index (χ2v) is 8.67. The Morgan fingerprint density at radius 1 is 1.14 bits per heavy atom. The highest BCUT2D eigenvalue weighted by Crippen LogP contribution is 2.33. The maximum Gasteiger partial charge on any atom is 0.249 e. The van der Waals surface area contributed by atoms with Crippen LogP contribution in [0.3, 0.4) is 0 Å². The number of anilines is 1. The van der Waals surface area contributed by atoms with Crippen molar-refractivity contribution in [3.05, 3.63) is 41.4 Å². The van der Waals surface area contributed by atoms with Crippen LogP contribution < -0.4 is 10.6 Å². The van der Waals surface area contributed by atoms with Gasteiger partial charge in [-0.25, -0.2) is 0 Å². The molecule has 2 N–H and O–H groups in total. The molecular weight excluding hydrogens is 372 g/mol. The summed E-state index contributed by atoms with van der Waals surface area (Å²) < 4.78 is 0. The molecule has 3 rings (SSSR count). The molecule has 1 aliphatic carbocycles. The Kier molecular flexibility index (Phi) is 7.14. The van der Waals surface area contributed by atoms with Gasteiger partial charge in [0.15, 0.2) is 0 Å². The highest BCUT2D eigenvalue weighted by molar-refractivity contribution is 7.13. The van der Waals surface area contributed by atoms with Gasteiger partial charge < -0.3 is 5.32 Å². The van der Waals surface area contributed by atoms with Gasteiger partial charge in [-0.15, -0.1) is 10.2 Å². The third-order valence-corrected chi connectivity index (χ3v) is 6.20. The summed E-state index contributed by atoms with van der Waals surface area (Å²) >= 11 is 1.26. The van der Waals surface area contributed by atoms with Gasteiger partial charge in [0.05, 0.1) is 0 Å². The van der Waals surface area contributed by atoms with Gasteiger partial charge in [0, 0.05) is 12.3 Å². The van der Waals surface area contributed by atoms with E-state index in [9.17, 15) is 9.59 Å². The summed E-state index contributed by atoms with van der Waals surface area (Å²) in [5.74, 6) is 1.07. The first kappa shape index (κ1) is 20.5. The van der Waals surface area contributed by atoms with Crippen LogP contribution in [0.1, 0.15) is 45.1 Å². The quantitative estimate of drug-likeness (QED) is 0.743. The molecule has 1 heterocycles. The lowest BCUT2D eigenvalue weighted by Crippen LogP contribution is -2.47. The van der Waals surface area contributed by atoms with Crippen molar-refractivity contribution in [3.63, 3.8) is 0 Å². The molecule has 0 radical (unpaired) electrons. The molecule has 0 unspecified atom stereocenters. The fraction of sp³-hybridized carbons (Fsp3) is 0.524. The summed E-state index contributed by atoms with van der Waals surface area (Å²) in [6.45, 7) is 4.50. The third kappa shape index (κ3) is 5.61. The predicted octanol–water partition coefficient (Wildman–Crippen LogP) is 3.67. The molecule has 1 saturated carbocycles. The molecule has 0 bridgehead atoms. The molecule has 1 aliphatic rings. The Labute approximate surface area is 170 Å². The van der Waals surface area contributed by atoms with Crippen LogP contribution in [0.2, 0.25) is 0 Å². The van der Waals surface area contributed by atoms with E-state index in [1.54, 1.807) is 5.51 Å². The summed E-state index contributed by atoms with van der Waals surface area (Å²) in [4.78, 5) is 25.7. The first-order valence-corrected chi connectivity index (χ1v) is 10.8. The van der Waals surface area contributed by atoms with Crippen molar-refractivity contribution in [2.45, 2.75) is 52.0 Å². The van der Waals surface area contributed by atoms with E-state index in [0.717, 1.165) is 31.2 Å². The van der Waals surface area contributed by atoms with E-state index in [-0.39, 0.29) is 17.7 Å². The monoisotopic (exact) mass is 400 g/mol. The van der Waals surface area contributed by atoms with E-state index in [1.165, 1.54) is 11.3 Å². The minimum absolute atomic E-state index is 0.0115. The zero-order valence-electron chi connectivity index (χ0n) is 16.4. The molecule has 0 aliphatic heterocycles. The standard InChI is InChI=1S/C21H28N4O2S/c1-14(2)16-8-10-17(11-9-16)19(26)23-18(12-15-6-4-3-5-7-15)20(27)24-21-25-22-13-28-21/h3-7,13-14,16-18H,8-12H2,1-2H3,(H,23,26)(H,24,25,27)/t16?,17?,18-/m1/s1. The van der Waals surface area contributed by atoms with Gasteiger partial charge in [-0.05, 0) is 43.1 Å². The largest absolute Gasteiger partial charge is 0.344 e. The second kappa shape index (κ2) is 9.78. The summed E-state index contributed by atoms with van der Waals surface area (Å²) in [7, 11) is 0. The Morgan fingerprint density at radius 3 is 2.46 bits per heavy atom. The van der Waals surface area contributed by atoms with E-state index in [0.29, 0.717) is 23.4 Å². The van der Waals surface area contributed by atoms with Crippen molar-refractivity contribution < 1.29 is 9.59 Å². The number of aromatic nitrogens is 2. The number of benzene rings is 1. The number of nitrogens with zero attached hydrogens (tertiary/aromatic N) is 2. The van der Waals surface area contributed by atoms with Crippen LogP contribution in [0.5, 0.6) is 0 Å². The molecule has 7 heteroatoms. The van der Waals surface area contributed by atoms with Crippen molar-refractivity contribution >= 4 is 28.3 Å². The molecule has 0 saturated heterocycles. The van der Waals surface area contributed by atoms with Crippen molar-refractivity contribution in [2.24, 2.45) is 17.8 Å². The maximum atomic E-state index is 12.9. The molecular formula is C21H28N4O2S. The Balaban J connectivity index is 1.64. The highest BCUT2D eigenvalue weighted by Gasteiger charge is 2.30. The summed E-state index contributed by atoms with van der Waals surface area (Å²) in [5.41, 5.74) is 2.57. The molecule has 1 aromatic heterocycles. The Bertz CT molecular complexity index is 756. The fourth-order valence-corrected chi connectivity index (χ4v) is 4.26. The van der Waals surface area contributed by atoms with Gasteiger partial charge in [0.2, 0.25) is 16.9 Å². The molecule has 2 aromatic rings. The first-order chi connectivity index (χ1) is 13.5. The van der Waals surface area contributed by atoms with Crippen LogP contribution in [0, 0.1) is 17.8 Å². The van der Waals surface area contributed by atoms with Crippen LogP contribution in [0.25, 0.3) is 0 Å². The van der Waals surface area contributed by atoms with Crippen LogP contribution in [-0.4, -0.2) is 28.1 Å². The number of carbonyl (C=O) groups excluding carboxylic acids is 2. The Hall–Kier alpha value is -2.28. The normalized spacial score (nSPS) is 20.5. The van der Waals surface area contributed by atoms with Gasteiger partial charge in [0.1, 0.15) is 11.6 Å². The highest BCUT2D eigenvalue weighted by atomic mass is 32.1. The van der Waals surface area contributed by atoms with Crippen molar-refractivity contribution in [1.82, 2.24) is 15.5 Å². The van der Waals surface area contributed by atoms with Gasteiger partial charge >= 0.3 is 0 Å². The van der Waals surface area contributed by atoms with E-state index in [1.807, 2.05) is 30.3 Å². The lowest BCUT2D eigenvalue weighted by molar-refractivity contribution is -0.130. The zero-order valence-corrected chi connectivity index (χ0v) is 17.2. The van der Waals surface area contributed by atoms with Gasteiger partial charge in [-0.1, -0.05) is 55.5 Å². The van der Waals surface area contributed by atoms with Crippen LogP contribution in [-0.2, 0) is 16.0 Å². The number of rotatable bonds is 7. The zero-order chi connectivity index (χ0) is 19.9. The van der Waals surface area contributed by atoms with Gasteiger partial charge in [0.25, 0.3) is 0 Å². The van der Waals surface area contributed by atoms with Crippen LogP contribution in [0.15, 0.2) is 35.8 Å². The lowest BCUT2D eigenvalue weighted by atomic mass is 9.76. The van der Waals surface area contributed by atoms with E-state index in [2.05, 4.69) is 34.7 Å². The number of amides is 2. The molecule has 1 fully saturated rings. The number of carbonyl (C=O) groups is 2. The maximum absolute atomic E-state index is 12.9. The SMILES string of the molecule is CC(C)C1CCC(C(=O)N[C@H](Cc2ccccc2)C(=O)Nc2nncs2)CC1. The second-order valence-electron chi connectivity index (χ2n) is 7.84. The molecule has 1 atom stereocenters. The molecule has 150 valence electrons. The lowest BCUT2D eigenvalue weighted by Gasteiger charge is -2.31. The topological polar surface area (TPSA) is 84.0 Å². The van der Waals surface area contributed by atoms with Gasteiger partial charge in [-0.3, -0.25) is 14.9 Å². The minimum atomic E-state index is -0.637. The van der Waals surface area contributed by atoms with Crippen molar-refractivity contribution in [3.8, 4) is 0 Å². The summed E-state index contributed by atoms with van der Waals surface area (Å²) in [5, 5.41) is 13.8.